The van der Waals surface area contributed by atoms with Crippen LogP contribution in [0.3, 0.4) is 0 Å². The Morgan fingerprint density at radius 1 is 1.21 bits per heavy atom. The molecule has 1 aromatic carbocycles. The molecule has 3 aromatic rings. The maximum absolute atomic E-state index is 12.9. The van der Waals surface area contributed by atoms with Crippen LogP contribution in [0.1, 0.15) is 39.2 Å². The van der Waals surface area contributed by atoms with E-state index in [0.29, 0.717) is 35.4 Å². The van der Waals surface area contributed by atoms with Gasteiger partial charge in [-0.1, -0.05) is 20.8 Å². The third-order valence-corrected chi connectivity index (χ3v) is 5.95. The van der Waals surface area contributed by atoms with Gasteiger partial charge >= 0.3 is 0 Å². The van der Waals surface area contributed by atoms with Crippen molar-refractivity contribution in [2.45, 2.75) is 51.5 Å². The maximum atomic E-state index is 12.9. The van der Waals surface area contributed by atoms with Crippen LogP contribution in [-0.2, 0) is 22.0 Å². The first-order valence-corrected chi connectivity index (χ1v) is 11.9. The second-order valence-electron chi connectivity index (χ2n) is 6.76. The van der Waals surface area contributed by atoms with E-state index in [-0.39, 0.29) is 16.3 Å². The highest BCUT2D eigenvalue weighted by Crippen LogP contribution is 2.32. The quantitative estimate of drug-likeness (QED) is 0.536. The molecule has 1 N–H and O–H groups in total. The van der Waals surface area contributed by atoms with E-state index in [4.69, 9.17) is 15.4 Å². The molecule has 7 nitrogen and oxygen atoms in total. The molecular formula is C20H24ClN3O4S. The summed E-state index contributed by atoms with van der Waals surface area (Å²) >= 11 is 0. The number of hydrogen-bond acceptors (Lipinski definition) is 5. The number of nitrogens with zero attached hydrogens (tertiary/aromatic N) is 2. The van der Waals surface area contributed by atoms with Crippen LogP contribution in [0.15, 0.2) is 34.1 Å². The Morgan fingerprint density at radius 2 is 1.97 bits per heavy atom. The van der Waals surface area contributed by atoms with Crippen molar-refractivity contribution in [1.82, 2.24) is 14.5 Å². The van der Waals surface area contributed by atoms with Crippen LogP contribution in [0.2, 0.25) is 0 Å². The minimum absolute atomic E-state index is 0.0843. The van der Waals surface area contributed by atoms with E-state index >= 15 is 0 Å². The summed E-state index contributed by atoms with van der Waals surface area (Å²) in [6, 6.07) is 4.29. The summed E-state index contributed by atoms with van der Waals surface area (Å²) in [6.07, 6.45) is 4.33. The van der Waals surface area contributed by atoms with Gasteiger partial charge in [0.1, 0.15) is 17.2 Å². The van der Waals surface area contributed by atoms with Crippen molar-refractivity contribution in [3.63, 3.8) is 0 Å². The maximum Gasteiger partial charge on any atom is 0.261 e. The van der Waals surface area contributed by atoms with Gasteiger partial charge in [0.05, 0.1) is 22.5 Å². The van der Waals surface area contributed by atoms with Crippen molar-refractivity contribution in [2.75, 3.05) is 6.61 Å². The van der Waals surface area contributed by atoms with Crippen LogP contribution >= 0.6 is 10.7 Å². The molecular weight excluding hydrogens is 414 g/mol. The van der Waals surface area contributed by atoms with Crippen molar-refractivity contribution in [3.05, 3.63) is 40.3 Å². The molecule has 0 radical (unpaired) electrons. The number of nitrogens with one attached hydrogen (secondary N) is 1. The standard InChI is InChI=1S/C20H24ClN3O4S/c1-4-9-24-12-13(6-3)17-19(24)22-18(23-20(17)25)15-11-14(29(21,26)27)7-8-16(15)28-10-5-2/h7-8,11-12H,4-6,9-10H2,1-3H3,(H,22,23,25). The highest BCUT2D eigenvalue weighted by molar-refractivity contribution is 8.13. The largest absolute Gasteiger partial charge is 0.493 e. The van der Waals surface area contributed by atoms with Gasteiger partial charge < -0.3 is 14.3 Å². The number of aryl methyl sites for hydroxylation is 2. The predicted molar refractivity (Wildman–Crippen MR) is 114 cm³/mol. The lowest BCUT2D eigenvalue weighted by Gasteiger charge is -2.12. The van der Waals surface area contributed by atoms with Crippen LogP contribution in [0.5, 0.6) is 5.75 Å². The third-order valence-electron chi connectivity index (χ3n) is 4.60. The van der Waals surface area contributed by atoms with Gasteiger partial charge in [-0.3, -0.25) is 4.79 Å². The zero-order valence-electron chi connectivity index (χ0n) is 16.7. The lowest BCUT2D eigenvalue weighted by atomic mass is 10.1. The van der Waals surface area contributed by atoms with Gasteiger partial charge in [-0.25, -0.2) is 13.4 Å². The van der Waals surface area contributed by atoms with E-state index in [2.05, 4.69) is 16.9 Å². The second kappa shape index (κ2) is 8.59. The number of aromatic amines is 1. The molecule has 0 unspecified atom stereocenters. The number of benzene rings is 1. The molecule has 0 aliphatic heterocycles. The normalized spacial score (nSPS) is 11.9. The molecule has 3 rings (SSSR count). The van der Waals surface area contributed by atoms with E-state index in [1.807, 2.05) is 24.6 Å². The highest BCUT2D eigenvalue weighted by Gasteiger charge is 2.19. The fourth-order valence-corrected chi connectivity index (χ4v) is 4.04. The van der Waals surface area contributed by atoms with E-state index in [9.17, 15) is 13.2 Å². The first-order valence-electron chi connectivity index (χ1n) is 9.64. The van der Waals surface area contributed by atoms with Gasteiger partial charge in [-0.05, 0) is 43.0 Å². The first kappa shape index (κ1) is 21.4. The zero-order chi connectivity index (χ0) is 21.2. The van der Waals surface area contributed by atoms with Gasteiger partial charge in [0.2, 0.25) is 0 Å². The molecule has 0 aliphatic rings. The number of ether oxygens (including phenoxy) is 1. The van der Waals surface area contributed by atoms with E-state index < -0.39 is 9.05 Å². The number of rotatable bonds is 8. The zero-order valence-corrected chi connectivity index (χ0v) is 18.2. The second-order valence-corrected chi connectivity index (χ2v) is 9.32. The Kier molecular flexibility index (Phi) is 6.33. The smallest absolute Gasteiger partial charge is 0.261 e. The lowest BCUT2D eigenvalue weighted by molar-refractivity contribution is 0.318. The van der Waals surface area contributed by atoms with Crippen molar-refractivity contribution < 1.29 is 13.2 Å². The molecule has 0 bridgehead atoms. The van der Waals surface area contributed by atoms with Gasteiger partial charge in [-0.2, -0.15) is 0 Å². The first-order chi connectivity index (χ1) is 13.8. The van der Waals surface area contributed by atoms with Crippen LogP contribution in [0, 0.1) is 0 Å². The number of H-pyrrole nitrogens is 1. The summed E-state index contributed by atoms with van der Waals surface area (Å²) in [4.78, 5) is 20.3. The number of halogens is 1. The fraction of sp³-hybridized carbons (Fsp3) is 0.400. The lowest BCUT2D eigenvalue weighted by Crippen LogP contribution is -2.12. The van der Waals surface area contributed by atoms with E-state index in [1.165, 1.54) is 18.2 Å². The van der Waals surface area contributed by atoms with Crippen LogP contribution in [-0.4, -0.2) is 29.6 Å². The third kappa shape index (κ3) is 4.33. The highest BCUT2D eigenvalue weighted by atomic mass is 35.7. The predicted octanol–water partition coefficient (Wildman–Crippen LogP) is 4.08. The average Bonchev–Trinajstić information content (AvgIpc) is 3.04. The molecule has 0 saturated carbocycles. The summed E-state index contributed by atoms with van der Waals surface area (Å²) in [6.45, 7) is 7.18. The van der Waals surface area contributed by atoms with Gasteiger partial charge in [0.15, 0.2) is 0 Å². The molecule has 0 atom stereocenters. The Morgan fingerprint density at radius 3 is 2.59 bits per heavy atom. The summed E-state index contributed by atoms with van der Waals surface area (Å²) < 4.78 is 31.4. The van der Waals surface area contributed by atoms with Crippen LogP contribution < -0.4 is 10.3 Å². The van der Waals surface area contributed by atoms with E-state index in [0.717, 1.165) is 24.9 Å². The van der Waals surface area contributed by atoms with Crippen LogP contribution in [0.4, 0.5) is 0 Å². The minimum atomic E-state index is -3.95. The molecule has 0 fully saturated rings. The molecule has 0 saturated heterocycles. The molecule has 2 heterocycles. The molecule has 29 heavy (non-hydrogen) atoms. The average molecular weight is 438 g/mol. The van der Waals surface area contributed by atoms with Crippen LogP contribution in [0.25, 0.3) is 22.4 Å². The molecule has 156 valence electrons. The Hall–Kier alpha value is -2.32. The molecule has 9 heteroatoms. The summed E-state index contributed by atoms with van der Waals surface area (Å²) in [5.74, 6) is 0.677. The fourth-order valence-electron chi connectivity index (χ4n) is 3.26. The minimum Gasteiger partial charge on any atom is -0.493 e. The van der Waals surface area contributed by atoms with Crippen molar-refractivity contribution in [2.24, 2.45) is 0 Å². The van der Waals surface area contributed by atoms with Crippen molar-refractivity contribution in [3.8, 4) is 17.1 Å². The number of hydrogen-bond donors (Lipinski definition) is 1. The van der Waals surface area contributed by atoms with Gasteiger partial charge in [-0.15, -0.1) is 0 Å². The summed E-state index contributed by atoms with van der Waals surface area (Å²) in [5.41, 5.74) is 1.61. The molecule has 0 spiro atoms. The molecule has 0 aliphatic carbocycles. The molecule has 0 amide bonds. The SMILES string of the molecule is CCCOc1ccc(S(=O)(=O)Cl)cc1-c1nc2c(c(CC)cn2CCC)c(=O)[nH]1. The topological polar surface area (TPSA) is 94.1 Å². The number of fused-ring (bicyclic) bond motifs is 1. The van der Waals surface area contributed by atoms with Crippen molar-refractivity contribution in [1.29, 1.82) is 0 Å². The summed E-state index contributed by atoms with van der Waals surface area (Å²) in [5, 5.41) is 0.557. The Balaban J connectivity index is 2.28. The Labute approximate surface area is 174 Å². The number of aromatic nitrogens is 3. The van der Waals surface area contributed by atoms with Gasteiger partial charge in [0.25, 0.3) is 14.6 Å². The van der Waals surface area contributed by atoms with Gasteiger partial charge in [0, 0.05) is 23.4 Å². The Bertz CT molecular complexity index is 1200. The van der Waals surface area contributed by atoms with Crippen molar-refractivity contribution >= 4 is 30.8 Å². The molecule has 2 aromatic heterocycles. The summed E-state index contributed by atoms with van der Waals surface area (Å²) in [7, 11) is 1.58. The van der Waals surface area contributed by atoms with E-state index in [1.54, 1.807) is 0 Å². The monoisotopic (exact) mass is 437 g/mol.